The van der Waals surface area contributed by atoms with Crippen molar-refractivity contribution in [3.8, 4) is 5.75 Å². The van der Waals surface area contributed by atoms with Gasteiger partial charge in [-0.1, -0.05) is 35.9 Å². The van der Waals surface area contributed by atoms with Crippen LogP contribution >= 0.6 is 11.6 Å². The molecule has 1 fully saturated rings. The first-order valence-corrected chi connectivity index (χ1v) is 12.5. The summed E-state index contributed by atoms with van der Waals surface area (Å²) in [5.41, 5.74) is 1.78. The predicted octanol–water partition coefficient (Wildman–Crippen LogP) is 2.66. The van der Waals surface area contributed by atoms with Crippen LogP contribution in [0.5, 0.6) is 5.75 Å². The number of halogens is 1. The zero-order valence-electron chi connectivity index (χ0n) is 18.2. The molecule has 1 aliphatic rings. The summed E-state index contributed by atoms with van der Waals surface area (Å²) in [6, 6.07) is 11.2. The van der Waals surface area contributed by atoms with Crippen LogP contribution in [0.2, 0.25) is 5.02 Å². The van der Waals surface area contributed by atoms with Gasteiger partial charge in [-0.15, -0.1) is 0 Å². The molecular weight excluding hydrogens is 468 g/mol. The summed E-state index contributed by atoms with van der Waals surface area (Å²) in [5.74, 6) is -0.640. The number of phenolic OH excluding ortho intramolecular Hbond substituents is 1. The lowest BCUT2D eigenvalue weighted by Gasteiger charge is -2.31. The fourth-order valence-corrected chi connectivity index (χ4v) is 4.47. The molecule has 3 rings (SSSR count). The second-order valence-electron chi connectivity index (χ2n) is 7.85. The van der Waals surface area contributed by atoms with Crippen molar-refractivity contribution in [1.82, 2.24) is 14.9 Å². The predicted molar refractivity (Wildman–Crippen MR) is 126 cm³/mol. The summed E-state index contributed by atoms with van der Waals surface area (Å²) < 4.78 is 25.5. The van der Waals surface area contributed by atoms with Crippen molar-refractivity contribution < 1.29 is 23.1 Å². The van der Waals surface area contributed by atoms with Crippen LogP contribution in [-0.4, -0.2) is 50.5 Å². The Morgan fingerprint density at radius 2 is 1.73 bits per heavy atom. The summed E-state index contributed by atoms with van der Waals surface area (Å²) in [6.45, 7) is 1.19. The van der Waals surface area contributed by atoms with Crippen molar-refractivity contribution in [2.75, 3.05) is 25.5 Å². The van der Waals surface area contributed by atoms with Crippen LogP contribution in [-0.2, 0) is 27.1 Å². The summed E-state index contributed by atoms with van der Waals surface area (Å²) in [5, 5.41) is 15.8. The molecule has 1 saturated heterocycles. The number of rotatable bonds is 7. The SMILES string of the molecule is CNS(=O)(=O)Cc1ccc(CNC(=O)N2CCC(C(=O)Nc3cc(Cl)ccc3O)CC2)cc1. The van der Waals surface area contributed by atoms with Crippen molar-refractivity contribution >= 4 is 39.2 Å². The maximum absolute atomic E-state index is 12.5. The molecule has 178 valence electrons. The van der Waals surface area contributed by atoms with Gasteiger partial charge in [0, 0.05) is 30.6 Å². The number of phenols is 1. The third-order valence-corrected chi connectivity index (χ3v) is 7.07. The Kier molecular flexibility index (Phi) is 8.17. The van der Waals surface area contributed by atoms with E-state index >= 15 is 0 Å². The molecule has 0 unspecified atom stereocenters. The van der Waals surface area contributed by atoms with Crippen LogP contribution in [0, 0.1) is 5.92 Å². The number of benzene rings is 2. The van der Waals surface area contributed by atoms with Gasteiger partial charge in [-0.25, -0.2) is 17.9 Å². The standard InChI is InChI=1S/C22H27ClN4O5S/c1-24-33(31,32)14-16-4-2-15(3-5-16)13-25-22(30)27-10-8-17(9-11-27)21(29)26-19-12-18(23)6-7-20(19)28/h2-7,12,17,24,28H,8-11,13-14H2,1H3,(H,25,30)(H,26,29). The highest BCUT2D eigenvalue weighted by atomic mass is 35.5. The fraction of sp³-hybridized carbons (Fsp3) is 0.364. The van der Waals surface area contributed by atoms with E-state index in [0.717, 1.165) is 5.56 Å². The summed E-state index contributed by atoms with van der Waals surface area (Å²) in [4.78, 5) is 26.7. The number of nitrogens with one attached hydrogen (secondary N) is 3. The smallest absolute Gasteiger partial charge is 0.317 e. The summed E-state index contributed by atoms with van der Waals surface area (Å²) >= 11 is 5.91. The van der Waals surface area contributed by atoms with Crippen LogP contribution in [0.4, 0.5) is 10.5 Å². The Hall–Kier alpha value is -2.82. The first-order valence-electron chi connectivity index (χ1n) is 10.5. The number of piperidine rings is 1. The molecule has 1 heterocycles. The molecular formula is C22H27ClN4O5S. The van der Waals surface area contributed by atoms with Crippen LogP contribution in [0.1, 0.15) is 24.0 Å². The zero-order chi connectivity index (χ0) is 24.0. The Morgan fingerprint density at radius 1 is 1.09 bits per heavy atom. The second kappa shape index (κ2) is 10.9. The number of likely N-dealkylation sites (tertiary alicyclic amines) is 1. The molecule has 0 atom stereocenters. The molecule has 0 bridgehead atoms. The normalized spacial score (nSPS) is 14.7. The lowest BCUT2D eigenvalue weighted by atomic mass is 9.96. The van der Waals surface area contributed by atoms with Crippen molar-refractivity contribution in [3.63, 3.8) is 0 Å². The molecule has 3 amide bonds. The molecule has 0 aromatic heterocycles. The number of carbonyl (C=O) groups is 2. The van der Waals surface area contributed by atoms with Crippen LogP contribution in [0.3, 0.4) is 0 Å². The molecule has 0 radical (unpaired) electrons. The van der Waals surface area contributed by atoms with Gasteiger partial charge in [-0.05, 0) is 49.2 Å². The maximum atomic E-state index is 12.5. The van der Waals surface area contributed by atoms with Crippen molar-refractivity contribution in [3.05, 3.63) is 58.6 Å². The number of aromatic hydroxyl groups is 1. The minimum atomic E-state index is -3.33. The molecule has 2 aromatic rings. The number of carbonyl (C=O) groups excluding carboxylic acids is 2. The van der Waals surface area contributed by atoms with E-state index in [1.807, 2.05) is 0 Å². The van der Waals surface area contributed by atoms with E-state index in [9.17, 15) is 23.1 Å². The number of nitrogens with zero attached hydrogens (tertiary/aromatic N) is 1. The second-order valence-corrected chi connectivity index (χ2v) is 10.2. The molecule has 4 N–H and O–H groups in total. The lowest BCUT2D eigenvalue weighted by molar-refractivity contribution is -0.121. The lowest BCUT2D eigenvalue weighted by Crippen LogP contribution is -2.45. The van der Waals surface area contributed by atoms with E-state index in [-0.39, 0.29) is 35.0 Å². The quantitative estimate of drug-likeness (QED) is 0.440. The van der Waals surface area contributed by atoms with Crippen LogP contribution < -0.4 is 15.4 Å². The van der Waals surface area contributed by atoms with E-state index in [4.69, 9.17) is 11.6 Å². The largest absolute Gasteiger partial charge is 0.506 e. The average Bonchev–Trinajstić information content (AvgIpc) is 2.80. The molecule has 33 heavy (non-hydrogen) atoms. The van der Waals surface area contributed by atoms with E-state index in [2.05, 4.69) is 15.4 Å². The highest BCUT2D eigenvalue weighted by Gasteiger charge is 2.27. The van der Waals surface area contributed by atoms with Gasteiger partial charge in [-0.3, -0.25) is 4.79 Å². The fourth-order valence-electron chi connectivity index (χ4n) is 3.52. The third kappa shape index (κ3) is 7.08. The summed E-state index contributed by atoms with van der Waals surface area (Å²) in [6.07, 6.45) is 1.02. The minimum absolute atomic E-state index is 0.0544. The first kappa shape index (κ1) is 24.8. The molecule has 11 heteroatoms. The van der Waals surface area contributed by atoms with Gasteiger partial charge >= 0.3 is 6.03 Å². The number of urea groups is 1. The molecule has 0 saturated carbocycles. The van der Waals surface area contributed by atoms with E-state index in [0.29, 0.717) is 43.1 Å². The Balaban J connectivity index is 1.44. The van der Waals surface area contributed by atoms with Gasteiger partial charge in [0.15, 0.2) is 0 Å². The molecule has 0 spiro atoms. The van der Waals surface area contributed by atoms with Gasteiger partial charge < -0.3 is 20.6 Å². The molecule has 2 aromatic carbocycles. The maximum Gasteiger partial charge on any atom is 0.317 e. The van der Waals surface area contributed by atoms with Gasteiger partial charge in [0.05, 0.1) is 11.4 Å². The van der Waals surface area contributed by atoms with Gasteiger partial charge in [0.2, 0.25) is 15.9 Å². The van der Waals surface area contributed by atoms with Crippen molar-refractivity contribution in [1.29, 1.82) is 0 Å². The van der Waals surface area contributed by atoms with Gasteiger partial charge in [-0.2, -0.15) is 0 Å². The van der Waals surface area contributed by atoms with Crippen molar-refractivity contribution in [2.24, 2.45) is 5.92 Å². The zero-order valence-corrected chi connectivity index (χ0v) is 19.7. The molecule has 9 nitrogen and oxygen atoms in total. The molecule has 1 aliphatic heterocycles. The minimum Gasteiger partial charge on any atom is -0.506 e. The number of amides is 3. The Morgan fingerprint density at radius 3 is 2.36 bits per heavy atom. The average molecular weight is 495 g/mol. The Labute approximate surface area is 198 Å². The topological polar surface area (TPSA) is 128 Å². The van der Waals surface area contributed by atoms with Crippen molar-refractivity contribution in [2.45, 2.75) is 25.1 Å². The van der Waals surface area contributed by atoms with Crippen LogP contribution in [0.15, 0.2) is 42.5 Å². The number of sulfonamides is 1. The number of anilines is 1. The number of hydrogen-bond acceptors (Lipinski definition) is 5. The number of hydrogen-bond donors (Lipinski definition) is 4. The first-order chi connectivity index (χ1) is 15.7. The molecule has 0 aliphatic carbocycles. The van der Waals surface area contributed by atoms with E-state index < -0.39 is 10.0 Å². The van der Waals surface area contributed by atoms with Gasteiger partial charge in [0.25, 0.3) is 0 Å². The highest BCUT2D eigenvalue weighted by Crippen LogP contribution is 2.28. The van der Waals surface area contributed by atoms with Crippen LogP contribution in [0.25, 0.3) is 0 Å². The highest BCUT2D eigenvalue weighted by molar-refractivity contribution is 7.88. The van der Waals surface area contributed by atoms with Gasteiger partial charge in [0.1, 0.15) is 5.75 Å². The monoisotopic (exact) mass is 494 g/mol. The van der Waals surface area contributed by atoms with E-state index in [1.165, 1.54) is 25.2 Å². The summed E-state index contributed by atoms with van der Waals surface area (Å²) in [7, 11) is -1.96. The third-order valence-electron chi connectivity index (χ3n) is 5.50. The Bertz CT molecular complexity index is 1100. The van der Waals surface area contributed by atoms with E-state index in [1.54, 1.807) is 29.2 Å².